The Morgan fingerprint density at radius 1 is 1.50 bits per heavy atom. The topological polar surface area (TPSA) is 46.2 Å². The number of fused-ring (bicyclic) bond motifs is 1. The van der Waals surface area contributed by atoms with Crippen molar-refractivity contribution in [2.45, 2.75) is 25.8 Å². The number of benzene rings is 1. The minimum Gasteiger partial charge on any atom is -0.508 e. The third kappa shape index (κ3) is 0.916. The fraction of sp³-hybridized carbons (Fsp3) is 0.400. The molecule has 12 heavy (non-hydrogen) atoms. The Hall–Kier alpha value is -1.02. The lowest BCUT2D eigenvalue weighted by molar-refractivity contribution is 0.463. The molecule has 0 saturated heterocycles. The van der Waals surface area contributed by atoms with Crippen LogP contribution in [-0.4, -0.2) is 5.11 Å². The van der Waals surface area contributed by atoms with E-state index in [-0.39, 0.29) is 6.04 Å². The highest BCUT2D eigenvalue weighted by Gasteiger charge is 2.23. The van der Waals surface area contributed by atoms with Crippen LogP contribution in [0.15, 0.2) is 12.1 Å². The van der Waals surface area contributed by atoms with Crippen LogP contribution in [0.25, 0.3) is 0 Å². The quantitative estimate of drug-likeness (QED) is 0.610. The molecule has 2 heteroatoms. The van der Waals surface area contributed by atoms with Gasteiger partial charge in [-0.05, 0) is 37.0 Å². The minimum atomic E-state index is 0.0416. The number of rotatable bonds is 0. The number of aromatic hydroxyl groups is 1. The summed E-state index contributed by atoms with van der Waals surface area (Å²) in [5, 5.41) is 9.55. The Morgan fingerprint density at radius 3 is 2.92 bits per heavy atom. The SMILES string of the molecule is Cc1ccc(O)c2c1CCC2N. The van der Waals surface area contributed by atoms with Gasteiger partial charge < -0.3 is 10.8 Å². The van der Waals surface area contributed by atoms with Gasteiger partial charge in [-0.25, -0.2) is 0 Å². The first-order valence-electron chi connectivity index (χ1n) is 4.27. The molecule has 1 aliphatic carbocycles. The molecule has 0 spiro atoms. The summed E-state index contributed by atoms with van der Waals surface area (Å²) >= 11 is 0. The molecule has 64 valence electrons. The van der Waals surface area contributed by atoms with Crippen LogP contribution in [-0.2, 0) is 6.42 Å². The second-order valence-corrected chi connectivity index (χ2v) is 3.44. The molecular formula is C10H13NO. The number of aryl methyl sites for hydroxylation is 1. The van der Waals surface area contributed by atoms with E-state index in [4.69, 9.17) is 5.73 Å². The molecule has 1 unspecified atom stereocenters. The molecule has 1 aromatic rings. The summed E-state index contributed by atoms with van der Waals surface area (Å²) in [6, 6.07) is 3.73. The highest BCUT2D eigenvalue weighted by atomic mass is 16.3. The zero-order valence-electron chi connectivity index (χ0n) is 7.17. The monoisotopic (exact) mass is 163 g/mol. The van der Waals surface area contributed by atoms with E-state index in [2.05, 4.69) is 6.92 Å². The smallest absolute Gasteiger partial charge is 0.120 e. The first-order chi connectivity index (χ1) is 5.70. The van der Waals surface area contributed by atoms with Crippen molar-refractivity contribution in [3.63, 3.8) is 0 Å². The van der Waals surface area contributed by atoms with Gasteiger partial charge in [0.2, 0.25) is 0 Å². The Morgan fingerprint density at radius 2 is 2.25 bits per heavy atom. The van der Waals surface area contributed by atoms with E-state index in [0.717, 1.165) is 18.4 Å². The molecule has 0 amide bonds. The second-order valence-electron chi connectivity index (χ2n) is 3.44. The van der Waals surface area contributed by atoms with Crippen molar-refractivity contribution in [1.29, 1.82) is 0 Å². The number of hydrogen-bond donors (Lipinski definition) is 2. The molecule has 1 atom stereocenters. The maximum Gasteiger partial charge on any atom is 0.120 e. The minimum absolute atomic E-state index is 0.0416. The third-order valence-corrected chi connectivity index (χ3v) is 2.64. The van der Waals surface area contributed by atoms with Crippen LogP contribution in [0, 0.1) is 6.92 Å². The molecule has 0 fully saturated rings. The van der Waals surface area contributed by atoms with Gasteiger partial charge in [-0.3, -0.25) is 0 Å². The lowest BCUT2D eigenvalue weighted by atomic mass is 10.0. The molecule has 1 aliphatic rings. The maximum absolute atomic E-state index is 9.55. The van der Waals surface area contributed by atoms with E-state index < -0.39 is 0 Å². The van der Waals surface area contributed by atoms with E-state index >= 15 is 0 Å². The van der Waals surface area contributed by atoms with E-state index in [0.29, 0.717) is 5.75 Å². The number of phenolic OH excluding ortho intramolecular Hbond substituents is 1. The number of phenols is 1. The van der Waals surface area contributed by atoms with Crippen molar-refractivity contribution < 1.29 is 5.11 Å². The molecule has 0 radical (unpaired) electrons. The summed E-state index contributed by atoms with van der Waals surface area (Å²) in [5.74, 6) is 0.362. The van der Waals surface area contributed by atoms with Crippen molar-refractivity contribution in [2.24, 2.45) is 5.73 Å². The molecular weight excluding hydrogens is 150 g/mol. The van der Waals surface area contributed by atoms with Gasteiger partial charge in [0, 0.05) is 11.6 Å². The zero-order valence-corrected chi connectivity index (χ0v) is 7.17. The highest BCUT2D eigenvalue weighted by molar-refractivity contribution is 5.48. The maximum atomic E-state index is 9.55. The van der Waals surface area contributed by atoms with Crippen LogP contribution in [0.4, 0.5) is 0 Å². The molecule has 1 aromatic carbocycles. The fourth-order valence-corrected chi connectivity index (χ4v) is 1.95. The van der Waals surface area contributed by atoms with Crippen molar-refractivity contribution in [3.05, 3.63) is 28.8 Å². The Bertz CT molecular complexity index is 320. The number of hydrogen-bond acceptors (Lipinski definition) is 2. The van der Waals surface area contributed by atoms with Gasteiger partial charge in [0.05, 0.1) is 0 Å². The Kier molecular flexibility index (Phi) is 1.58. The van der Waals surface area contributed by atoms with Gasteiger partial charge in [-0.15, -0.1) is 0 Å². The van der Waals surface area contributed by atoms with Crippen molar-refractivity contribution >= 4 is 0 Å². The third-order valence-electron chi connectivity index (χ3n) is 2.64. The summed E-state index contributed by atoms with van der Waals surface area (Å²) in [7, 11) is 0. The van der Waals surface area contributed by atoms with Crippen LogP contribution >= 0.6 is 0 Å². The summed E-state index contributed by atoms with van der Waals surface area (Å²) in [6.45, 7) is 2.07. The molecule has 0 saturated carbocycles. The summed E-state index contributed by atoms with van der Waals surface area (Å²) in [4.78, 5) is 0. The molecule has 0 heterocycles. The average molecular weight is 163 g/mol. The lowest BCUT2D eigenvalue weighted by Crippen LogP contribution is -2.05. The van der Waals surface area contributed by atoms with Gasteiger partial charge in [0.25, 0.3) is 0 Å². The average Bonchev–Trinajstić information content (AvgIpc) is 2.42. The standard InChI is InChI=1S/C10H13NO/c1-6-2-5-9(12)10-7(6)3-4-8(10)11/h2,5,8,12H,3-4,11H2,1H3. The van der Waals surface area contributed by atoms with E-state index in [9.17, 15) is 5.11 Å². The van der Waals surface area contributed by atoms with Crippen LogP contribution in [0.1, 0.15) is 29.2 Å². The van der Waals surface area contributed by atoms with Gasteiger partial charge in [0.15, 0.2) is 0 Å². The van der Waals surface area contributed by atoms with Crippen molar-refractivity contribution in [3.8, 4) is 5.75 Å². The molecule has 0 aromatic heterocycles. The summed E-state index contributed by atoms with van der Waals surface area (Å²) in [6.07, 6.45) is 1.98. The highest BCUT2D eigenvalue weighted by Crippen LogP contribution is 2.37. The molecule has 2 rings (SSSR count). The van der Waals surface area contributed by atoms with Crippen molar-refractivity contribution in [2.75, 3.05) is 0 Å². The van der Waals surface area contributed by atoms with Gasteiger partial charge in [0.1, 0.15) is 5.75 Å². The fourth-order valence-electron chi connectivity index (χ4n) is 1.95. The van der Waals surface area contributed by atoms with Gasteiger partial charge in [-0.2, -0.15) is 0 Å². The first-order valence-corrected chi connectivity index (χ1v) is 4.27. The summed E-state index contributed by atoms with van der Waals surface area (Å²) < 4.78 is 0. The van der Waals surface area contributed by atoms with E-state index in [1.54, 1.807) is 6.07 Å². The van der Waals surface area contributed by atoms with Crippen LogP contribution in [0.5, 0.6) is 5.75 Å². The van der Waals surface area contributed by atoms with Gasteiger partial charge >= 0.3 is 0 Å². The predicted octanol–water partition coefficient (Wildman–Crippen LogP) is 1.65. The van der Waals surface area contributed by atoms with E-state index in [1.165, 1.54) is 11.1 Å². The second kappa shape index (κ2) is 2.49. The Labute approximate surface area is 72.0 Å². The zero-order chi connectivity index (χ0) is 8.72. The van der Waals surface area contributed by atoms with Gasteiger partial charge in [-0.1, -0.05) is 6.07 Å². The molecule has 2 nitrogen and oxygen atoms in total. The predicted molar refractivity (Wildman–Crippen MR) is 48.1 cm³/mol. The van der Waals surface area contributed by atoms with Crippen LogP contribution < -0.4 is 5.73 Å². The van der Waals surface area contributed by atoms with Crippen LogP contribution in [0.3, 0.4) is 0 Å². The molecule has 0 bridgehead atoms. The summed E-state index contributed by atoms with van der Waals surface area (Å²) in [5.41, 5.74) is 9.32. The van der Waals surface area contributed by atoms with Crippen molar-refractivity contribution in [1.82, 2.24) is 0 Å². The first kappa shape index (κ1) is 7.62. The molecule has 3 N–H and O–H groups in total. The largest absolute Gasteiger partial charge is 0.508 e. The normalized spacial score (nSPS) is 21.0. The Balaban J connectivity index is 2.64. The lowest BCUT2D eigenvalue weighted by Gasteiger charge is -2.08. The molecule has 0 aliphatic heterocycles. The van der Waals surface area contributed by atoms with Crippen LogP contribution in [0.2, 0.25) is 0 Å². The number of nitrogens with two attached hydrogens (primary N) is 1. The van der Waals surface area contributed by atoms with E-state index in [1.807, 2.05) is 6.07 Å².